The van der Waals surface area contributed by atoms with Crippen LogP contribution in [-0.2, 0) is 27.2 Å². The molecule has 13 heteroatoms. The van der Waals surface area contributed by atoms with Gasteiger partial charge in [-0.15, -0.1) is 0 Å². The van der Waals surface area contributed by atoms with Gasteiger partial charge in [0.05, 0.1) is 21.2 Å². The number of benzene rings is 3. The fourth-order valence-electron chi connectivity index (χ4n) is 5.20. The van der Waals surface area contributed by atoms with Crippen LogP contribution in [0.25, 0.3) is 10.8 Å². The van der Waals surface area contributed by atoms with Gasteiger partial charge in [-0.1, -0.05) is 68.2 Å². The summed E-state index contributed by atoms with van der Waals surface area (Å²) >= 11 is 0. The summed E-state index contributed by atoms with van der Waals surface area (Å²) < 4.78 is 33.3. The first-order valence-electron chi connectivity index (χ1n) is 13.4. The van der Waals surface area contributed by atoms with Crippen molar-refractivity contribution in [2.45, 2.75) is 81.2 Å². The minimum absolute atomic E-state index is 0. The summed E-state index contributed by atoms with van der Waals surface area (Å²) in [4.78, 5) is 9.44. The third kappa shape index (κ3) is 8.95. The zero-order chi connectivity index (χ0) is 28.7. The molecule has 0 bridgehead atoms. The maximum Gasteiger partial charge on any atom is 2.00 e. The summed E-state index contributed by atoms with van der Waals surface area (Å²) in [5, 5.41) is 46.3. The van der Waals surface area contributed by atoms with E-state index in [0.717, 1.165) is 48.5 Å². The van der Waals surface area contributed by atoms with Crippen molar-refractivity contribution in [2.75, 3.05) is 0 Å². The van der Waals surface area contributed by atoms with E-state index in [0.29, 0.717) is 0 Å². The van der Waals surface area contributed by atoms with E-state index in [-0.39, 0.29) is 40.6 Å². The Balaban J connectivity index is 0.000000346. The van der Waals surface area contributed by atoms with Crippen LogP contribution in [0.4, 0.5) is 17.1 Å². The van der Waals surface area contributed by atoms with Gasteiger partial charge in [-0.2, -0.15) is 10.2 Å². The van der Waals surface area contributed by atoms with Crippen LogP contribution in [-0.4, -0.2) is 30.0 Å². The first-order chi connectivity index (χ1) is 19.1. The van der Waals surface area contributed by atoms with Crippen molar-refractivity contribution in [3.8, 4) is 11.5 Å². The number of hydrogen-bond donors (Lipinski definition) is 1. The van der Waals surface area contributed by atoms with Crippen LogP contribution in [0.3, 0.4) is 0 Å². The van der Waals surface area contributed by atoms with Crippen LogP contribution in [0.1, 0.15) is 65.6 Å². The van der Waals surface area contributed by atoms with Gasteiger partial charge in [0, 0.05) is 29.6 Å². The third-order valence-electron chi connectivity index (χ3n) is 7.31. The van der Waals surface area contributed by atoms with Crippen molar-refractivity contribution in [1.82, 2.24) is 5.32 Å². The molecule has 0 amide bonds. The van der Waals surface area contributed by atoms with Gasteiger partial charge in [0.15, 0.2) is 0 Å². The Morgan fingerprint density at radius 1 is 0.805 bits per heavy atom. The predicted molar refractivity (Wildman–Crippen MR) is 146 cm³/mol. The zero-order valence-electron chi connectivity index (χ0n) is 23.3. The van der Waals surface area contributed by atoms with E-state index < -0.39 is 37.1 Å². The van der Waals surface area contributed by atoms with Crippen molar-refractivity contribution in [2.24, 2.45) is 10.2 Å². The molecule has 220 valence electrons. The van der Waals surface area contributed by atoms with Gasteiger partial charge in [0.2, 0.25) is 0 Å². The minimum Gasteiger partial charge on any atom is -0.871 e. The molecule has 41 heavy (non-hydrogen) atoms. The first-order valence-corrected chi connectivity index (χ1v) is 14.9. The van der Waals surface area contributed by atoms with E-state index >= 15 is 0 Å². The molecule has 0 aliphatic heterocycles. The maximum absolute atomic E-state index is 12.1. The van der Waals surface area contributed by atoms with Gasteiger partial charge in [0.25, 0.3) is 5.69 Å². The van der Waals surface area contributed by atoms with E-state index in [2.05, 4.69) is 15.5 Å². The molecule has 2 aliphatic rings. The van der Waals surface area contributed by atoms with Crippen molar-refractivity contribution in [1.29, 1.82) is 0 Å². The number of fused-ring (bicyclic) bond motifs is 1. The molecule has 0 saturated heterocycles. The number of non-ortho nitro benzene ring substituents is 1. The molecule has 0 aromatic heterocycles. The number of nitro groups is 1. The van der Waals surface area contributed by atoms with Gasteiger partial charge in [-0.25, -0.2) is 8.42 Å². The normalized spacial score (nSPS) is 16.6. The number of hydrogen-bond acceptors (Lipinski definition) is 10. The van der Waals surface area contributed by atoms with E-state index in [9.17, 15) is 33.3 Å². The van der Waals surface area contributed by atoms with Gasteiger partial charge in [-0.3, -0.25) is 10.1 Å². The quantitative estimate of drug-likeness (QED) is 0.121. The molecule has 0 atom stereocenters. The summed E-state index contributed by atoms with van der Waals surface area (Å²) in [6, 6.07) is 10.5. The third-order valence-corrected chi connectivity index (χ3v) is 8.14. The molecule has 5 rings (SSSR count). The van der Waals surface area contributed by atoms with Crippen LogP contribution in [0.5, 0.6) is 11.5 Å². The van der Waals surface area contributed by atoms with Crippen molar-refractivity contribution in [3.05, 3.63) is 58.6 Å². The monoisotopic (exact) mass is 624 g/mol. The van der Waals surface area contributed by atoms with Gasteiger partial charge in [-0.05, 0) is 49.3 Å². The van der Waals surface area contributed by atoms with E-state index in [1.165, 1.54) is 76.3 Å². The van der Waals surface area contributed by atoms with Gasteiger partial charge >= 0.3 is 18.5 Å². The fourth-order valence-corrected chi connectivity index (χ4v) is 5.71. The second-order valence-electron chi connectivity index (χ2n) is 10.2. The molecule has 2 aliphatic carbocycles. The molecule has 2 fully saturated rings. The molecule has 2 saturated carbocycles. The van der Waals surface area contributed by atoms with Crippen molar-refractivity contribution >= 4 is 38.0 Å². The summed E-state index contributed by atoms with van der Waals surface area (Å²) in [5.41, 5.74) is -0.782. The predicted octanol–water partition coefficient (Wildman–Crippen LogP) is 5.57. The zero-order valence-corrected chi connectivity index (χ0v) is 24.2. The van der Waals surface area contributed by atoms with Crippen LogP contribution in [0.2, 0.25) is 0 Å². The number of nitro benzene ring substituents is 1. The van der Waals surface area contributed by atoms with Crippen molar-refractivity contribution in [3.63, 3.8) is 0 Å². The smallest absolute Gasteiger partial charge is 0.871 e. The van der Waals surface area contributed by atoms with Crippen LogP contribution >= 0.6 is 0 Å². The van der Waals surface area contributed by atoms with Crippen LogP contribution in [0.15, 0.2) is 63.7 Å². The van der Waals surface area contributed by atoms with Gasteiger partial charge in [0.1, 0.15) is 10.1 Å². The average Bonchev–Trinajstić information content (AvgIpc) is 2.94. The van der Waals surface area contributed by atoms with Crippen LogP contribution < -0.4 is 15.5 Å². The molecule has 3 aromatic rings. The molecule has 0 unspecified atom stereocenters. The molecule has 0 radical (unpaired) electrons. The molecule has 11 nitrogen and oxygen atoms in total. The van der Waals surface area contributed by atoms with Crippen LogP contribution in [0, 0.1) is 10.1 Å². The molecule has 1 N–H and O–H groups in total. The Bertz CT molecular complexity index is 1480. The topological polar surface area (TPSA) is 183 Å². The minimum atomic E-state index is -4.67. The van der Waals surface area contributed by atoms with Crippen molar-refractivity contribution < 1.29 is 46.6 Å². The Labute approximate surface area is 250 Å². The molecule has 0 spiro atoms. The number of nitrogens with zero attached hydrogens (tertiary/aromatic N) is 3. The van der Waals surface area contributed by atoms with E-state index in [1.54, 1.807) is 0 Å². The standard InChI is InChI=1S/C16H11N3O7S.C12H23N.Fe/c20-14-6-1-9-7-11(27(24,25)26)3-4-12(9)16(14)18-17-13-5-2-10(19(22)23)8-15(13)21;1-3-7-11(8-4-1)13-12-9-5-2-6-10-12;/h1-8,20-21H,(H,24,25,26);11-13H,1-10H2;/q;;+2/p-2. The average molecular weight is 624 g/mol. The summed E-state index contributed by atoms with van der Waals surface area (Å²) in [5.74, 6) is -1.29. The summed E-state index contributed by atoms with van der Waals surface area (Å²) in [6.07, 6.45) is 14.6. The summed E-state index contributed by atoms with van der Waals surface area (Å²) in [6.45, 7) is 0. The van der Waals surface area contributed by atoms with E-state index in [4.69, 9.17) is 0 Å². The number of azo groups is 1. The molecule has 3 aromatic carbocycles. The largest absolute Gasteiger partial charge is 2.00 e. The molecular formula is C28H32FeN4O7S. The first kappa shape index (κ1) is 32.4. The number of rotatable bonds is 6. The Hall–Kier alpha value is -3.09. The SMILES string of the molecule is C1CCC(NC2CCCCC2)CC1.O=[N+]([O-])c1ccc(N=Nc2c([O-])ccc3cc(S(=O)(=O)[O-])ccc23)c([O-])c1.[Fe+2].[H+]. The molecule has 0 heterocycles. The Kier molecular flexibility index (Phi) is 11.6. The Morgan fingerprint density at radius 2 is 1.41 bits per heavy atom. The second-order valence-corrected chi connectivity index (χ2v) is 11.6. The summed E-state index contributed by atoms with van der Waals surface area (Å²) in [7, 11) is -4.67. The van der Waals surface area contributed by atoms with Gasteiger partial charge < -0.3 is 20.1 Å². The second kappa shape index (κ2) is 14.7. The number of nitrogens with one attached hydrogen (secondary N) is 1. The molecular weight excluding hydrogens is 592 g/mol. The fraction of sp³-hybridized carbons (Fsp3) is 0.429. The van der Waals surface area contributed by atoms with E-state index in [1.807, 2.05) is 0 Å². The maximum atomic E-state index is 12.1. The Morgan fingerprint density at radius 3 is 1.95 bits per heavy atom.